The van der Waals surface area contributed by atoms with Gasteiger partial charge in [-0.3, -0.25) is 4.79 Å². The van der Waals surface area contributed by atoms with Crippen LogP contribution in [0.2, 0.25) is 0 Å². The smallest absolute Gasteiger partial charge is 0.338 e. The van der Waals surface area contributed by atoms with Crippen molar-refractivity contribution < 1.29 is 32.2 Å². The zero-order valence-corrected chi connectivity index (χ0v) is 20.0. The molecule has 0 aromatic heterocycles. The van der Waals surface area contributed by atoms with Crippen LogP contribution in [0.1, 0.15) is 37.0 Å². The second-order valence-corrected chi connectivity index (χ2v) is 10.4. The van der Waals surface area contributed by atoms with Gasteiger partial charge >= 0.3 is 5.97 Å². The van der Waals surface area contributed by atoms with E-state index in [0.29, 0.717) is 49.4 Å². The third-order valence-corrected chi connectivity index (χ3v) is 7.85. The van der Waals surface area contributed by atoms with Gasteiger partial charge in [-0.05, 0) is 62.1 Å². The summed E-state index contributed by atoms with van der Waals surface area (Å²) in [4.78, 5) is 25.1. The van der Waals surface area contributed by atoms with Crippen molar-refractivity contribution >= 4 is 27.6 Å². The normalized spacial score (nSPS) is 17.6. The first-order valence-corrected chi connectivity index (χ1v) is 12.7. The number of fused-ring (bicyclic) bond motifs is 1. The van der Waals surface area contributed by atoms with E-state index in [-0.39, 0.29) is 10.5 Å². The van der Waals surface area contributed by atoms with E-state index in [2.05, 4.69) is 12.2 Å². The van der Waals surface area contributed by atoms with Crippen LogP contribution in [0.4, 0.5) is 5.69 Å². The summed E-state index contributed by atoms with van der Waals surface area (Å²) in [6, 6.07) is 10.6. The number of hydrogen-bond donors (Lipinski definition) is 1. The number of benzene rings is 2. The lowest BCUT2D eigenvalue weighted by Crippen LogP contribution is -2.37. The lowest BCUT2D eigenvalue weighted by atomic mass is 10.0. The SMILES string of the molecule is CC1CCN(S(=O)(=O)c2ccc(C(=O)O[C@@H](C)C(=O)Nc3ccc4c(c3)OCCO4)cc2)CC1. The number of anilines is 1. The minimum atomic E-state index is -3.61. The summed E-state index contributed by atoms with van der Waals surface area (Å²) in [7, 11) is -3.61. The van der Waals surface area contributed by atoms with Gasteiger partial charge in [0.1, 0.15) is 13.2 Å². The van der Waals surface area contributed by atoms with E-state index in [1.165, 1.54) is 35.5 Å². The van der Waals surface area contributed by atoms with Crippen molar-refractivity contribution in [2.24, 2.45) is 5.92 Å². The van der Waals surface area contributed by atoms with Crippen LogP contribution in [0.3, 0.4) is 0 Å². The maximum Gasteiger partial charge on any atom is 0.338 e. The van der Waals surface area contributed by atoms with Crippen molar-refractivity contribution in [3.63, 3.8) is 0 Å². The molecule has 0 aliphatic carbocycles. The van der Waals surface area contributed by atoms with E-state index in [9.17, 15) is 18.0 Å². The van der Waals surface area contributed by atoms with Crippen LogP contribution < -0.4 is 14.8 Å². The molecule has 182 valence electrons. The van der Waals surface area contributed by atoms with Gasteiger partial charge < -0.3 is 19.5 Å². The number of sulfonamides is 1. The van der Waals surface area contributed by atoms with Crippen molar-refractivity contribution in [3.8, 4) is 11.5 Å². The molecule has 1 saturated heterocycles. The first-order chi connectivity index (χ1) is 16.2. The van der Waals surface area contributed by atoms with Crippen LogP contribution in [0, 0.1) is 5.92 Å². The molecule has 1 amide bonds. The van der Waals surface area contributed by atoms with E-state index in [1.807, 2.05) is 0 Å². The Bertz CT molecular complexity index is 1160. The fraction of sp³-hybridized carbons (Fsp3) is 0.417. The molecule has 2 heterocycles. The van der Waals surface area contributed by atoms with Crippen molar-refractivity contribution in [1.29, 1.82) is 0 Å². The number of ether oxygens (including phenoxy) is 3. The van der Waals surface area contributed by atoms with Gasteiger partial charge in [-0.2, -0.15) is 4.31 Å². The van der Waals surface area contributed by atoms with Crippen LogP contribution >= 0.6 is 0 Å². The molecule has 1 N–H and O–H groups in total. The number of carbonyl (C=O) groups is 2. The summed E-state index contributed by atoms with van der Waals surface area (Å²) >= 11 is 0. The molecule has 10 heteroatoms. The predicted octanol–water partition coefficient (Wildman–Crippen LogP) is 3.06. The van der Waals surface area contributed by atoms with Crippen molar-refractivity contribution in [2.45, 2.75) is 37.7 Å². The molecule has 1 fully saturated rings. The highest BCUT2D eigenvalue weighted by Crippen LogP contribution is 2.32. The summed E-state index contributed by atoms with van der Waals surface area (Å²) < 4.78 is 43.4. The minimum Gasteiger partial charge on any atom is -0.486 e. The Morgan fingerprint density at radius 1 is 1.03 bits per heavy atom. The van der Waals surface area contributed by atoms with E-state index >= 15 is 0 Å². The number of amides is 1. The molecule has 0 bridgehead atoms. The Morgan fingerprint density at radius 3 is 2.35 bits per heavy atom. The summed E-state index contributed by atoms with van der Waals surface area (Å²) in [5.74, 6) is 0.410. The lowest BCUT2D eigenvalue weighted by molar-refractivity contribution is -0.123. The van der Waals surface area contributed by atoms with Gasteiger partial charge in [0, 0.05) is 24.8 Å². The molecular weight excluding hydrogens is 460 g/mol. The second kappa shape index (κ2) is 10.0. The van der Waals surface area contributed by atoms with E-state index in [4.69, 9.17) is 14.2 Å². The van der Waals surface area contributed by atoms with Gasteiger partial charge in [0.25, 0.3) is 5.91 Å². The quantitative estimate of drug-likeness (QED) is 0.622. The Kier molecular flexibility index (Phi) is 7.08. The van der Waals surface area contributed by atoms with Crippen LogP contribution in [-0.4, -0.2) is 57.0 Å². The molecule has 0 radical (unpaired) electrons. The third-order valence-electron chi connectivity index (χ3n) is 5.93. The Hall–Kier alpha value is -3.11. The first-order valence-electron chi connectivity index (χ1n) is 11.3. The fourth-order valence-corrected chi connectivity index (χ4v) is 5.25. The number of rotatable bonds is 6. The molecule has 2 aliphatic rings. The average Bonchev–Trinajstić information content (AvgIpc) is 2.84. The van der Waals surface area contributed by atoms with Crippen molar-refractivity contribution in [2.75, 3.05) is 31.6 Å². The second-order valence-electron chi connectivity index (χ2n) is 8.51. The molecule has 2 aromatic carbocycles. The largest absolute Gasteiger partial charge is 0.486 e. The van der Waals surface area contributed by atoms with E-state index in [0.717, 1.165) is 12.8 Å². The first kappa shape index (κ1) is 24.0. The molecule has 0 unspecified atom stereocenters. The Labute approximate surface area is 199 Å². The predicted molar refractivity (Wildman–Crippen MR) is 125 cm³/mol. The van der Waals surface area contributed by atoms with Gasteiger partial charge in [0.05, 0.1) is 10.5 Å². The number of carbonyl (C=O) groups excluding carboxylic acids is 2. The zero-order chi connectivity index (χ0) is 24.3. The minimum absolute atomic E-state index is 0.128. The Balaban J connectivity index is 1.35. The topological polar surface area (TPSA) is 111 Å². The van der Waals surface area contributed by atoms with Gasteiger partial charge in [0.15, 0.2) is 17.6 Å². The maximum atomic E-state index is 12.8. The zero-order valence-electron chi connectivity index (χ0n) is 19.2. The van der Waals surface area contributed by atoms with Crippen LogP contribution in [0.5, 0.6) is 11.5 Å². The van der Waals surface area contributed by atoms with Crippen LogP contribution in [-0.2, 0) is 19.6 Å². The average molecular weight is 489 g/mol. The highest BCUT2D eigenvalue weighted by Gasteiger charge is 2.28. The Morgan fingerprint density at radius 2 is 1.68 bits per heavy atom. The molecule has 1 atom stereocenters. The number of nitrogens with zero attached hydrogens (tertiary/aromatic N) is 1. The van der Waals surface area contributed by atoms with Gasteiger partial charge in [0.2, 0.25) is 10.0 Å². The van der Waals surface area contributed by atoms with Crippen LogP contribution in [0.15, 0.2) is 47.4 Å². The number of hydrogen-bond acceptors (Lipinski definition) is 7. The fourth-order valence-electron chi connectivity index (χ4n) is 3.78. The molecule has 0 saturated carbocycles. The summed E-state index contributed by atoms with van der Waals surface area (Å²) in [5, 5.41) is 2.68. The summed E-state index contributed by atoms with van der Waals surface area (Å²) in [6.45, 7) is 5.45. The summed E-state index contributed by atoms with van der Waals surface area (Å²) in [5.41, 5.74) is 0.643. The molecular formula is C24H28N2O7S. The number of nitrogens with one attached hydrogen (secondary N) is 1. The molecule has 34 heavy (non-hydrogen) atoms. The number of esters is 1. The molecule has 2 aliphatic heterocycles. The molecule has 4 rings (SSSR count). The standard InChI is InChI=1S/C24H28N2O7S/c1-16-9-11-26(12-10-16)34(29,30)20-6-3-18(4-7-20)24(28)33-17(2)23(27)25-19-5-8-21-22(15-19)32-14-13-31-21/h3-8,15-17H,9-14H2,1-2H3,(H,25,27)/t17-/m0/s1. The van der Waals surface area contributed by atoms with Crippen LogP contribution in [0.25, 0.3) is 0 Å². The lowest BCUT2D eigenvalue weighted by Gasteiger charge is -2.29. The van der Waals surface area contributed by atoms with Crippen molar-refractivity contribution in [3.05, 3.63) is 48.0 Å². The highest BCUT2D eigenvalue weighted by atomic mass is 32.2. The molecule has 2 aromatic rings. The van der Waals surface area contributed by atoms with E-state index in [1.54, 1.807) is 18.2 Å². The van der Waals surface area contributed by atoms with Gasteiger partial charge in [-0.1, -0.05) is 6.92 Å². The number of piperidine rings is 1. The maximum absolute atomic E-state index is 12.8. The monoisotopic (exact) mass is 488 g/mol. The third kappa shape index (κ3) is 5.34. The van der Waals surface area contributed by atoms with E-state index < -0.39 is 28.0 Å². The molecule has 0 spiro atoms. The van der Waals surface area contributed by atoms with Gasteiger partial charge in [-0.25, -0.2) is 13.2 Å². The van der Waals surface area contributed by atoms with Gasteiger partial charge in [-0.15, -0.1) is 0 Å². The van der Waals surface area contributed by atoms with Crippen molar-refractivity contribution in [1.82, 2.24) is 4.31 Å². The molecule has 9 nitrogen and oxygen atoms in total. The summed E-state index contributed by atoms with van der Waals surface area (Å²) in [6.07, 6.45) is 0.588. The highest BCUT2D eigenvalue weighted by molar-refractivity contribution is 7.89.